The fourth-order valence-electron chi connectivity index (χ4n) is 2.52. The third kappa shape index (κ3) is 4.20. The van der Waals surface area contributed by atoms with Crippen molar-refractivity contribution in [3.8, 4) is 0 Å². The van der Waals surface area contributed by atoms with Crippen LogP contribution in [0.3, 0.4) is 0 Å². The smallest absolute Gasteiger partial charge is 0.255 e. The number of carbonyl (C=O) groups is 1. The molecule has 1 saturated heterocycles. The largest absolute Gasteiger partial charge is 0.334 e. The summed E-state index contributed by atoms with van der Waals surface area (Å²) < 4.78 is 0. The maximum Gasteiger partial charge on any atom is 0.255 e. The third-order valence-electron chi connectivity index (χ3n) is 3.63. The van der Waals surface area contributed by atoms with Crippen molar-refractivity contribution in [2.75, 3.05) is 19.3 Å². The molecule has 1 aliphatic heterocycles. The van der Waals surface area contributed by atoms with Gasteiger partial charge >= 0.3 is 0 Å². The van der Waals surface area contributed by atoms with Crippen LogP contribution in [-0.4, -0.2) is 36.2 Å². The Hall–Kier alpha value is -0.130. The molecule has 0 aromatic heterocycles. The highest BCUT2D eigenvalue weighted by molar-refractivity contribution is 7.98. The van der Waals surface area contributed by atoms with Crippen molar-refractivity contribution < 1.29 is 4.79 Å². The fourth-order valence-corrected chi connectivity index (χ4v) is 3.70. The third-order valence-corrected chi connectivity index (χ3v) is 5.15. The minimum absolute atomic E-state index is 0. The second-order valence-electron chi connectivity index (χ2n) is 4.85. The molecule has 1 fully saturated rings. The van der Waals surface area contributed by atoms with Gasteiger partial charge in [-0.2, -0.15) is 0 Å². The van der Waals surface area contributed by atoms with Crippen molar-refractivity contribution in [1.29, 1.82) is 0 Å². The summed E-state index contributed by atoms with van der Waals surface area (Å²) in [5.74, 6) is -0.0443. The lowest BCUT2D eigenvalue weighted by atomic mass is 10.0. The molecule has 0 spiro atoms. The van der Waals surface area contributed by atoms with Crippen molar-refractivity contribution in [2.24, 2.45) is 5.73 Å². The SMILES string of the molecule is CSc1cc(C(=O)N2CCCCC2CN)c(Cl)cc1Cl.Cl. The number of benzene rings is 1. The summed E-state index contributed by atoms with van der Waals surface area (Å²) in [6.07, 6.45) is 5.02. The molecule has 1 aromatic rings. The topological polar surface area (TPSA) is 46.3 Å². The molecule has 118 valence electrons. The van der Waals surface area contributed by atoms with Gasteiger partial charge in [0.1, 0.15) is 0 Å². The van der Waals surface area contributed by atoms with E-state index in [0.29, 0.717) is 22.2 Å². The zero-order chi connectivity index (χ0) is 14.7. The molecule has 1 atom stereocenters. The van der Waals surface area contributed by atoms with Gasteiger partial charge in [0, 0.05) is 24.0 Å². The number of thioether (sulfide) groups is 1. The summed E-state index contributed by atoms with van der Waals surface area (Å²) in [6, 6.07) is 3.53. The second-order valence-corrected chi connectivity index (χ2v) is 6.51. The summed E-state index contributed by atoms with van der Waals surface area (Å²) in [6.45, 7) is 1.24. The standard InChI is InChI=1S/C14H18Cl2N2OS.ClH/c1-20-13-6-10(11(15)7-12(13)16)14(19)18-5-3-2-4-9(18)8-17;/h6-7,9H,2-5,8,17H2,1H3;1H. The van der Waals surface area contributed by atoms with Crippen LogP contribution >= 0.6 is 47.4 Å². The minimum Gasteiger partial charge on any atom is -0.334 e. The Labute approximate surface area is 145 Å². The van der Waals surface area contributed by atoms with Gasteiger partial charge in [0.25, 0.3) is 5.91 Å². The van der Waals surface area contributed by atoms with E-state index in [1.165, 1.54) is 11.8 Å². The first-order valence-electron chi connectivity index (χ1n) is 6.62. The lowest BCUT2D eigenvalue weighted by Gasteiger charge is -2.35. The number of nitrogens with zero attached hydrogens (tertiary/aromatic N) is 1. The van der Waals surface area contributed by atoms with Gasteiger partial charge in [0.15, 0.2) is 0 Å². The van der Waals surface area contributed by atoms with Crippen molar-refractivity contribution in [2.45, 2.75) is 30.2 Å². The molecule has 1 aromatic carbocycles. The highest BCUT2D eigenvalue weighted by Crippen LogP contribution is 2.32. The van der Waals surface area contributed by atoms with Gasteiger partial charge in [-0.15, -0.1) is 24.2 Å². The predicted molar refractivity (Wildman–Crippen MR) is 93.2 cm³/mol. The Morgan fingerprint density at radius 3 is 2.71 bits per heavy atom. The van der Waals surface area contributed by atoms with Gasteiger partial charge in [-0.05, 0) is 37.7 Å². The normalized spacial score (nSPS) is 18.3. The fraction of sp³-hybridized carbons (Fsp3) is 0.500. The van der Waals surface area contributed by atoms with Gasteiger partial charge in [0.2, 0.25) is 0 Å². The summed E-state index contributed by atoms with van der Waals surface area (Å²) >= 11 is 13.8. The van der Waals surface area contributed by atoms with E-state index in [0.717, 1.165) is 30.7 Å². The van der Waals surface area contributed by atoms with E-state index in [9.17, 15) is 4.79 Å². The second kappa shape index (κ2) is 8.49. The number of amides is 1. The Bertz CT molecular complexity index is 513. The molecule has 2 rings (SSSR count). The average molecular weight is 370 g/mol. The van der Waals surface area contributed by atoms with Gasteiger partial charge < -0.3 is 10.6 Å². The average Bonchev–Trinajstić information content (AvgIpc) is 2.46. The van der Waals surface area contributed by atoms with Crippen LogP contribution in [0.15, 0.2) is 17.0 Å². The van der Waals surface area contributed by atoms with Crippen LogP contribution in [0.25, 0.3) is 0 Å². The van der Waals surface area contributed by atoms with E-state index in [2.05, 4.69) is 0 Å². The number of piperidine rings is 1. The molecule has 0 aliphatic carbocycles. The Morgan fingerprint density at radius 2 is 2.10 bits per heavy atom. The summed E-state index contributed by atoms with van der Waals surface area (Å²) in [4.78, 5) is 15.4. The maximum absolute atomic E-state index is 12.7. The summed E-state index contributed by atoms with van der Waals surface area (Å²) in [5.41, 5.74) is 6.29. The van der Waals surface area contributed by atoms with Crippen LogP contribution in [0.4, 0.5) is 0 Å². The summed E-state index contributed by atoms with van der Waals surface area (Å²) in [7, 11) is 0. The minimum atomic E-state index is -0.0443. The number of nitrogens with two attached hydrogens (primary N) is 1. The Balaban J connectivity index is 0.00000220. The molecule has 21 heavy (non-hydrogen) atoms. The number of hydrogen-bond donors (Lipinski definition) is 1. The van der Waals surface area contributed by atoms with Gasteiger partial charge in [-0.3, -0.25) is 4.79 Å². The Morgan fingerprint density at radius 1 is 1.38 bits per heavy atom. The molecule has 0 bridgehead atoms. The van der Waals surface area contributed by atoms with Crippen LogP contribution in [-0.2, 0) is 0 Å². The number of hydrogen-bond acceptors (Lipinski definition) is 3. The lowest BCUT2D eigenvalue weighted by Crippen LogP contribution is -2.47. The van der Waals surface area contributed by atoms with E-state index in [1.54, 1.807) is 12.1 Å². The molecule has 1 unspecified atom stereocenters. The zero-order valence-electron chi connectivity index (χ0n) is 11.8. The quantitative estimate of drug-likeness (QED) is 0.816. The Kier molecular flexibility index (Phi) is 7.65. The molecular weight excluding hydrogens is 351 g/mol. The highest BCUT2D eigenvalue weighted by atomic mass is 35.5. The van der Waals surface area contributed by atoms with E-state index in [-0.39, 0.29) is 24.4 Å². The van der Waals surface area contributed by atoms with Crippen molar-refractivity contribution in [3.63, 3.8) is 0 Å². The first kappa shape index (κ1) is 18.9. The molecule has 2 N–H and O–H groups in total. The molecule has 1 amide bonds. The van der Waals surface area contributed by atoms with Gasteiger partial charge in [-0.25, -0.2) is 0 Å². The van der Waals surface area contributed by atoms with Crippen molar-refractivity contribution >= 4 is 53.3 Å². The van der Waals surface area contributed by atoms with Crippen molar-refractivity contribution in [1.82, 2.24) is 4.90 Å². The van der Waals surface area contributed by atoms with Crippen LogP contribution in [0.1, 0.15) is 29.6 Å². The lowest BCUT2D eigenvalue weighted by molar-refractivity contribution is 0.0623. The molecule has 7 heteroatoms. The maximum atomic E-state index is 12.7. The number of likely N-dealkylation sites (tertiary alicyclic amines) is 1. The zero-order valence-corrected chi connectivity index (χ0v) is 14.9. The molecular formula is C14H19Cl3N2OS. The highest BCUT2D eigenvalue weighted by Gasteiger charge is 2.28. The van der Waals surface area contributed by atoms with E-state index >= 15 is 0 Å². The van der Waals surface area contributed by atoms with Crippen LogP contribution in [0.2, 0.25) is 10.0 Å². The van der Waals surface area contributed by atoms with Gasteiger partial charge in [0.05, 0.1) is 15.6 Å². The molecule has 0 radical (unpaired) electrons. The number of rotatable bonds is 3. The van der Waals surface area contributed by atoms with E-state index in [4.69, 9.17) is 28.9 Å². The van der Waals surface area contributed by atoms with Crippen LogP contribution < -0.4 is 5.73 Å². The van der Waals surface area contributed by atoms with Crippen molar-refractivity contribution in [3.05, 3.63) is 27.7 Å². The molecule has 0 saturated carbocycles. The molecule has 1 heterocycles. The predicted octanol–water partition coefficient (Wildman–Crippen LogP) is 4.09. The molecule has 3 nitrogen and oxygen atoms in total. The number of halogens is 3. The monoisotopic (exact) mass is 368 g/mol. The van der Waals surface area contributed by atoms with Crippen LogP contribution in [0.5, 0.6) is 0 Å². The van der Waals surface area contributed by atoms with E-state index in [1.807, 2.05) is 11.2 Å². The number of carbonyl (C=O) groups excluding carboxylic acids is 1. The first-order valence-corrected chi connectivity index (χ1v) is 8.60. The summed E-state index contributed by atoms with van der Waals surface area (Å²) in [5, 5.41) is 0.979. The van der Waals surface area contributed by atoms with E-state index < -0.39 is 0 Å². The van der Waals surface area contributed by atoms with Crippen LogP contribution in [0, 0.1) is 0 Å². The molecule has 1 aliphatic rings. The first-order chi connectivity index (χ1) is 9.58. The van der Waals surface area contributed by atoms with Gasteiger partial charge in [-0.1, -0.05) is 23.2 Å².